The van der Waals surface area contributed by atoms with Crippen LogP contribution in [0.5, 0.6) is 0 Å². The number of rotatable bonds is 3. The second kappa shape index (κ2) is 6.71. The van der Waals surface area contributed by atoms with Crippen LogP contribution in [-0.2, 0) is 9.53 Å². The third-order valence-electron chi connectivity index (χ3n) is 4.70. The maximum atomic E-state index is 12.2. The zero-order chi connectivity index (χ0) is 13.7. The summed E-state index contributed by atoms with van der Waals surface area (Å²) in [5.41, 5.74) is -0.878. The van der Waals surface area contributed by atoms with E-state index in [1.54, 1.807) is 0 Å². The van der Waals surface area contributed by atoms with Gasteiger partial charge in [-0.3, -0.25) is 4.79 Å². The molecule has 1 saturated carbocycles. The summed E-state index contributed by atoms with van der Waals surface area (Å²) < 4.78 is 5.38. The van der Waals surface area contributed by atoms with Gasteiger partial charge in [-0.05, 0) is 19.8 Å². The Kier molecular flexibility index (Phi) is 5.22. The van der Waals surface area contributed by atoms with Crippen LogP contribution < -0.4 is 5.32 Å². The minimum atomic E-state index is -0.878. The maximum absolute atomic E-state index is 12.2. The topological polar surface area (TPSA) is 58.6 Å². The summed E-state index contributed by atoms with van der Waals surface area (Å²) in [6.45, 7) is 2.77. The largest absolute Gasteiger partial charge is 0.385 e. The van der Waals surface area contributed by atoms with Crippen LogP contribution in [0.15, 0.2) is 0 Å². The van der Waals surface area contributed by atoms with Crippen molar-refractivity contribution in [1.29, 1.82) is 0 Å². The number of amides is 1. The average molecular weight is 269 g/mol. The Morgan fingerprint density at radius 1 is 1.26 bits per heavy atom. The zero-order valence-electron chi connectivity index (χ0n) is 12.0. The van der Waals surface area contributed by atoms with Crippen molar-refractivity contribution in [1.82, 2.24) is 5.32 Å². The SMILES string of the molecule is CC1OCCC1(O)CNC(=O)C1CCCCCCC1. The highest BCUT2D eigenvalue weighted by molar-refractivity contribution is 5.78. The fraction of sp³-hybridized carbons (Fsp3) is 0.933. The van der Waals surface area contributed by atoms with Crippen molar-refractivity contribution in [2.75, 3.05) is 13.2 Å². The Morgan fingerprint density at radius 2 is 1.89 bits per heavy atom. The lowest BCUT2D eigenvalue weighted by molar-refractivity contribution is -0.127. The number of hydrogen-bond donors (Lipinski definition) is 2. The number of hydrogen-bond acceptors (Lipinski definition) is 3. The van der Waals surface area contributed by atoms with E-state index in [4.69, 9.17) is 4.74 Å². The van der Waals surface area contributed by atoms with Crippen LogP contribution in [0.25, 0.3) is 0 Å². The van der Waals surface area contributed by atoms with Gasteiger partial charge in [0, 0.05) is 25.5 Å². The molecule has 0 aromatic rings. The van der Waals surface area contributed by atoms with Gasteiger partial charge in [-0.15, -0.1) is 0 Å². The van der Waals surface area contributed by atoms with Crippen molar-refractivity contribution in [2.45, 2.75) is 70.0 Å². The van der Waals surface area contributed by atoms with E-state index in [1.165, 1.54) is 19.3 Å². The molecular formula is C15H27NO3. The summed E-state index contributed by atoms with van der Waals surface area (Å²) >= 11 is 0. The number of carbonyl (C=O) groups excluding carboxylic acids is 1. The summed E-state index contributed by atoms with van der Waals surface area (Å²) in [4.78, 5) is 12.2. The molecule has 0 bridgehead atoms. The number of aliphatic hydroxyl groups is 1. The molecule has 2 aliphatic rings. The molecule has 2 unspecified atom stereocenters. The van der Waals surface area contributed by atoms with Gasteiger partial charge in [-0.25, -0.2) is 0 Å². The Balaban J connectivity index is 1.79. The monoisotopic (exact) mass is 269 g/mol. The second-order valence-corrected chi connectivity index (χ2v) is 6.13. The fourth-order valence-corrected chi connectivity index (χ4v) is 3.11. The van der Waals surface area contributed by atoms with Crippen molar-refractivity contribution in [3.8, 4) is 0 Å². The lowest BCUT2D eigenvalue weighted by atomic mass is 9.90. The van der Waals surface area contributed by atoms with Gasteiger partial charge >= 0.3 is 0 Å². The molecule has 1 aliphatic heterocycles. The van der Waals surface area contributed by atoms with Crippen LogP contribution in [0, 0.1) is 5.92 Å². The first-order valence-corrected chi connectivity index (χ1v) is 7.73. The van der Waals surface area contributed by atoms with Crippen molar-refractivity contribution in [2.24, 2.45) is 5.92 Å². The Morgan fingerprint density at radius 3 is 2.47 bits per heavy atom. The first kappa shape index (κ1) is 14.8. The molecule has 1 saturated heterocycles. The summed E-state index contributed by atoms with van der Waals surface area (Å²) in [5, 5.41) is 13.3. The van der Waals surface area contributed by atoms with E-state index in [1.807, 2.05) is 6.92 Å². The minimum Gasteiger partial charge on any atom is -0.385 e. The molecule has 1 amide bonds. The Bertz CT molecular complexity index is 300. The minimum absolute atomic E-state index is 0.120. The molecule has 2 N–H and O–H groups in total. The molecule has 4 heteroatoms. The molecule has 0 aromatic carbocycles. The fourth-order valence-electron chi connectivity index (χ4n) is 3.11. The first-order valence-electron chi connectivity index (χ1n) is 7.73. The zero-order valence-corrected chi connectivity index (χ0v) is 12.0. The Hall–Kier alpha value is -0.610. The van der Waals surface area contributed by atoms with Crippen molar-refractivity contribution >= 4 is 5.91 Å². The molecule has 2 fully saturated rings. The van der Waals surface area contributed by atoms with Crippen LogP contribution >= 0.6 is 0 Å². The molecular weight excluding hydrogens is 242 g/mol. The molecule has 1 aliphatic carbocycles. The van der Waals surface area contributed by atoms with Crippen LogP contribution in [0.3, 0.4) is 0 Å². The van der Waals surface area contributed by atoms with Gasteiger partial charge in [-0.2, -0.15) is 0 Å². The summed E-state index contributed by atoms with van der Waals surface area (Å²) in [7, 11) is 0. The maximum Gasteiger partial charge on any atom is 0.223 e. The van der Waals surface area contributed by atoms with Crippen molar-refractivity contribution in [3.63, 3.8) is 0 Å². The van der Waals surface area contributed by atoms with Gasteiger partial charge in [0.1, 0.15) is 5.60 Å². The van der Waals surface area contributed by atoms with Crippen LogP contribution in [0.4, 0.5) is 0 Å². The van der Waals surface area contributed by atoms with Gasteiger partial charge < -0.3 is 15.2 Å². The molecule has 4 nitrogen and oxygen atoms in total. The van der Waals surface area contributed by atoms with E-state index in [0.717, 1.165) is 25.7 Å². The van der Waals surface area contributed by atoms with E-state index < -0.39 is 5.60 Å². The molecule has 110 valence electrons. The van der Waals surface area contributed by atoms with Crippen LogP contribution in [-0.4, -0.2) is 35.9 Å². The summed E-state index contributed by atoms with van der Waals surface area (Å²) in [5.74, 6) is 0.260. The summed E-state index contributed by atoms with van der Waals surface area (Å²) in [6.07, 6.45) is 8.53. The highest BCUT2D eigenvalue weighted by Gasteiger charge is 2.40. The lowest BCUT2D eigenvalue weighted by Gasteiger charge is -2.27. The van der Waals surface area contributed by atoms with E-state index in [0.29, 0.717) is 19.6 Å². The molecule has 0 spiro atoms. The molecule has 0 aromatic heterocycles. The van der Waals surface area contributed by atoms with Gasteiger partial charge in [0.25, 0.3) is 0 Å². The van der Waals surface area contributed by atoms with Gasteiger partial charge in [0.15, 0.2) is 0 Å². The van der Waals surface area contributed by atoms with Gasteiger partial charge in [0.2, 0.25) is 5.91 Å². The van der Waals surface area contributed by atoms with Crippen molar-refractivity contribution < 1.29 is 14.6 Å². The highest BCUT2D eigenvalue weighted by Crippen LogP contribution is 2.26. The van der Waals surface area contributed by atoms with E-state index >= 15 is 0 Å². The van der Waals surface area contributed by atoms with E-state index in [-0.39, 0.29) is 17.9 Å². The molecule has 2 rings (SSSR count). The standard InChI is InChI=1S/C15H27NO3/c1-12-15(18,9-10-19-12)11-16-14(17)13-7-5-3-2-4-6-8-13/h12-13,18H,2-11H2,1H3,(H,16,17). The van der Waals surface area contributed by atoms with Crippen molar-refractivity contribution in [3.05, 3.63) is 0 Å². The molecule has 19 heavy (non-hydrogen) atoms. The van der Waals surface area contributed by atoms with Gasteiger partial charge in [0.05, 0.1) is 6.10 Å². The average Bonchev–Trinajstić information content (AvgIpc) is 2.67. The molecule has 2 atom stereocenters. The predicted molar refractivity (Wildman–Crippen MR) is 73.8 cm³/mol. The van der Waals surface area contributed by atoms with Crippen LogP contribution in [0.2, 0.25) is 0 Å². The molecule has 0 radical (unpaired) electrons. The van der Waals surface area contributed by atoms with Crippen LogP contribution in [0.1, 0.15) is 58.3 Å². The number of nitrogens with one attached hydrogen (secondary N) is 1. The summed E-state index contributed by atoms with van der Waals surface area (Å²) in [6, 6.07) is 0. The van der Waals surface area contributed by atoms with E-state index in [2.05, 4.69) is 5.32 Å². The third kappa shape index (κ3) is 3.93. The smallest absolute Gasteiger partial charge is 0.223 e. The number of carbonyl (C=O) groups is 1. The number of ether oxygens (including phenoxy) is 1. The normalized spacial score (nSPS) is 33.7. The Labute approximate surface area is 115 Å². The first-order chi connectivity index (χ1) is 9.12. The van der Waals surface area contributed by atoms with Gasteiger partial charge in [-0.1, -0.05) is 32.1 Å². The lowest BCUT2D eigenvalue weighted by Crippen LogP contribution is -2.48. The highest BCUT2D eigenvalue weighted by atomic mass is 16.5. The third-order valence-corrected chi connectivity index (χ3v) is 4.70. The quantitative estimate of drug-likeness (QED) is 0.824. The molecule has 1 heterocycles. The second-order valence-electron chi connectivity index (χ2n) is 6.13. The van der Waals surface area contributed by atoms with E-state index in [9.17, 15) is 9.90 Å². The predicted octanol–water partition coefficient (Wildman–Crippen LogP) is 2.00.